The Morgan fingerprint density at radius 2 is 1.60 bits per heavy atom. The van der Waals surface area contributed by atoms with E-state index in [0.717, 1.165) is 0 Å². The summed E-state index contributed by atoms with van der Waals surface area (Å²) >= 11 is 0. The predicted octanol–water partition coefficient (Wildman–Crippen LogP) is 1.32. The van der Waals surface area contributed by atoms with Crippen LogP contribution in [-0.2, 0) is 10.1 Å². The first kappa shape index (κ1) is 12.7. The summed E-state index contributed by atoms with van der Waals surface area (Å²) < 4.78 is 66.6. The van der Waals surface area contributed by atoms with Crippen LogP contribution in [0.2, 0.25) is 0 Å². The molecule has 1 rings (SSSR count). The molecule has 0 radical (unpaired) electrons. The molecule has 8 heteroatoms. The largest absolute Gasteiger partial charge is 0.391 e. The van der Waals surface area contributed by atoms with Gasteiger partial charge in [0.1, 0.15) is 0 Å². The summed E-state index contributed by atoms with van der Waals surface area (Å²) in [5.74, 6) is -1.60. The molecule has 2 N–H and O–H groups in total. The van der Waals surface area contributed by atoms with Gasteiger partial charge in [-0.15, -0.1) is 0 Å². The highest BCUT2D eigenvalue weighted by molar-refractivity contribution is 7.87. The van der Waals surface area contributed by atoms with Gasteiger partial charge in [-0.25, -0.2) is 0 Å². The van der Waals surface area contributed by atoms with Crippen LogP contribution in [0.3, 0.4) is 0 Å². The maximum Gasteiger partial charge on any atom is 0.391 e. The van der Waals surface area contributed by atoms with E-state index in [4.69, 9.17) is 4.55 Å². The summed E-state index contributed by atoms with van der Waals surface area (Å²) in [6.07, 6.45) is -6.52. The van der Waals surface area contributed by atoms with Crippen molar-refractivity contribution < 1.29 is 31.2 Å². The molecule has 15 heavy (non-hydrogen) atoms. The maximum absolute atomic E-state index is 12.2. The van der Waals surface area contributed by atoms with Gasteiger partial charge in [-0.2, -0.15) is 21.6 Å². The Hall–Kier alpha value is -0.340. The van der Waals surface area contributed by atoms with Crippen LogP contribution in [0.15, 0.2) is 0 Å². The third kappa shape index (κ3) is 2.61. The Bertz CT molecular complexity index is 327. The number of halogens is 3. The minimum absolute atomic E-state index is 0.486. The zero-order valence-electron chi connectivity index (χ0n) is 7.66. The van der Waals surface area contributed by atoms with Gasteiger partial charge in [-0.05, 0) is 25.7 Å². The number of aliphatic hydroxyl groups is 1. The lowest BCUT2D eigenvalue weighted by atomic mass is 9.86. The molecule has 0 saturated heterocycles. The smallest absolute Gasteiger partial charge is 0.372 e. The molecule has 0 aliphatic heterocycles. The van der Waals surface area contributed by atoms with Gasteiger partial charge in [-0.3, -0.25) is 4.55 Å². The van der Waals surface area contributed by atoms with Gasteiger partial charge < -0.3 is 5.11 Å². The van der Waals surface area contributed by atoms with E-state index < -0.39 is 52.8 Å². The van der Waals surface area contributed by atoms with Crippen molar-refractivity contribution in [3.63, 3.8) is 0 Å². The summed E-state index contributed by atoms with van der Waals surface area (Å²) in [7, 11) is -4.71. The van der Waals surface area contributed by atoms with Crippen molar-refractivity contribution in [1.29, 1.82) is 0 Å². The molecule has 0 aromatic carbocycles. The minimum Gasteiger partial charge on any atom is -0.372 e. The van der Waals surface area contributed by atoms with Crippen LogP contribution >= 0.6 is 0 Å². The Morgan fingerprint density at radius 1 is 1.20 bits per heavy atom. The number of hydrogen-bond acceptors (Lipinski definition) is 3. The van der Waals surface area contributed by atoms with Crippen molar-refractivity contribution >= 4 is 10.1 Å². The maximum atomic E-state index is 12.2. The minimum atomic E-state index is -4.71. The highest BCUT2D eigenvalue weighted by Gasteiger charge is 2.50. The van der Waals surface area contributed by atoms with E-state index in [-0.39, 0.29) is 0 Å². The highest BCUT2D eigenvalue weighted by atomic mass is 32.2. The highest BCUT2D eigenvalue weighted by Crippen LogP contribution is 2.42. The van der Waals surface area contributed by atoms with Crippen molar-refractivity contribution in [2.24, 2.45) is 5.92 Å². The number of rotatable bonds is 1. The first-order valence-electron chi connectivity index (χ1n) is 4.32. The SMILES string of the molecule is O=S(=O)(O)C1(O)CCC(C(F)(F)F)CC1. The molecule has 0 bridgehead atoms. The molecule has 4 nitrogen and oxygen atoms in total. The number of alkyl halides is 3. The van der Waals surface area contributed by atoms with Gasteiger partial charge in [-0.1, -0.05) is 0 Å². The van der Waals surface area contributed by atoms with Crippen LogP contribution in [0.5, 0.6) is 0 Å². The molecular formula is C7H11F3O4S. The van der Waals surface area contributed by atoms with Crippen molar-refractivity contribution in [2.45, 2.75) is 36.8 Å². The fourth-order valence-electron chi connectivity index (χ4n) is 1.65. The third-order valence-electron chi connectivity index (χ3n) is 2.71. The molecule has 0 amide bonds. The molecule has 90 valence electrons. The van der Waals surface area contributed by atoms with E-state index in [9.17, 15) is 26.7 Å². The third-order valence-corrected chi connectivity index (χ3v) is 4.08. The molecule has 1 saturated carbocycles. The fraction of sp³-hybridized carbons (Fsp3) is 1.00. The van der Waals surface area contributed by atoms with Crippen molar-refractivity contribution in [1.82, 2.24) is 0 Å². The zero-order chi connectivity index (χ0) is 11.9. The van der Waals surface area contributed by atoms with Gasteiger partial charge in [0.25, 0.3) is 10.1 Å². The molecule has 0 atom stereocenters. The molecule has 0 spiro atoms. The molecular weight excluding hydrogens is 237 g/mol. The van der Waals surface area contributed by atoms with Crippen molar-refractivity contribution in [3.05, 3.63) is 0 Å². The number of hydrogen-bond donors (Lipinski definition) is 2. The summed E-state index contributed by atoms with van der Waals surface area (Å²) in [5, 5.41) is 9.39. The van der Waals surface area contributed by atoms with Gasteiger partial charge >= 0.3 is 6.18 Å². The first-order chi connectivity index (χ1) is 6.56. The second kappa shape index (κ2) is 3.60. The summed E-state index contributed by atoms with van der Waals surface area (Å²) in [5.41, 5.74) is 0. The van der Waals surface area contributed by atoms with Crippen LogP contribution in [0.1, 0.15) is 25.7 Å². The van der Waals surface area contributed by atoms with E-state index >= 15 is 0 Å². The van der Waals surface area contributed by atoms with Crippen LogP contribution in [-0.4, -0.2) is 29.2 Å². The van der Waals surface area contributed by atoms with Crippen molar-refractivity contribution in [2.75, 3.05) is 0 Å². The average molecular weight is 248 g/mol. The summed E-state index contributed by atoms with van der Waals surface area (Å²) in [6, 6.07) is 0. The van der Waals surface area contributed by atoms with Crippen LogP contribution in [0, 0.1) is 5.92 Å². The van der Waals surface area contributed by atoms with Crippen LogP contribution in [0.25, 0.3) is 0 Å². The summed E-state index contributed by atoms with van der Waals surface area (Å²) in [6.45, 7) is 0. The average Bonchev–Trinajstić information content (AvgIpc) is 2.01. The molecule has 1 aliphatic carbocycles. The Labute approximate surface area is 84.8 Å². The molecule has 0 aromatic heterocycles. The van der Waals surface area contributed by atoms with E-state index in [1.54, 1.807) is 0 Å². The standard InChI is InChI=1S/C7H11F3O4S/c8-7(9,10)5-1-3-6(11,4-2-5)15(12,13)14/h5,11H,1-4H2,(H,12,13,14). The topological polar surface area (TPSA) is 74.6 Å². The molecule has 0 unspecified atom stereocenters. The summed E-state index contributed by atoms with van der Waals surface area (Å²) in [4.78, 5) is -2.41. The lowest BCUT2D eigenvalue weighted by Crippen LogP contribution is -2.44. The van der Waals surface area contributed by atoms with E-state index in [0.29, 0.717) is 0 Å². The Balaban J connectivity index is 2.72. The van der Waals surface area contributed by atoms with Gasteiger partial charge in [0.15, 0.2) is 4.93 Å². The Kier molecular flexibility index (Phi) is 3.05. The predicted molar refractivity (Wildman–Crippen MR) is 44.5 cm³/mol. The zero-order valence-corrected chi connectivity index (χ0v) is 8.48. The lowest BCUT2D eigenvalue weighted by Gasteiger charge is -2.33. The second-order valence-electron chi connectivity index (χ2n) is 3.74. The van der Waals surface area contributed by atoms with Gasteiger partial charge in [0.05, 0.1) is 5.92 Å². The molecule has 1 aliphatic rings. The van der Waals surface area contributed by atoms with Crippen molar-refractivity contribution in [3.8, 4) is 0 Å². The molecule has 0 heterocycles. The monoisotopic (exact) mass is 248 g/mol. The fourth-order valence-corrected chi connectivity index (χ4v) is 2.41. The molecule has 1 fully saturated rings. The van der Waals surface area contributed by atoms with E-state index in [1.807, 2.05) is 0 Å². The lowest BCUT2D eigenvalue weighted by molar-refractivity contribution is -0.187. The van der Waals surface area contributed by atoms with E-state index in [1.165, 1.54) is 0 Å². The molecule has 0 aromatic rings. The van der Waals surface area contributed by atoms with Crippen LogP contribution in [0.4, 0.5) is 13.2 Å². The van der Waals surface area contributed by atoms with E-state index in [2.05, 4.69) is 0 Å². The Morgan fingerprint density at radius 3 is 1.87 bits per heavy atom. The first-order valence-corrected chi connectivity index (χ1v) is 5.76. The van der Waals surface area contributed by atoms with Gasteiger partial charge in [0, 0.05) is 0 Å². The quantitative estimate of drug-likeness (QED) is 0.686. The van der Waals surface area contributed by atoms with Crippen LogP contribution < -0.4 is 0 Å². The normalized spacial score (nSPS) is 34.1. The van der Waals surface area contributed by atoms with Gasteiger partial charge in [0.2, 0.25) is 0 Å². The second-order valence-corrected chi connectivity index (χ2v) is 5.45.